The molecule has 2 rings (SSSR count). The number of halogens is 3. The minimum absolute atomic E-state index is 0.0389. The topological polar surface area (TPSA) is 40.9 Å². The van der Waals surface area contributed by atoms with Crippen LogP contribution in [0.5, 0.6) is 0 Å². The van der Waals surface area contributed by atoms with Crippen molar-refractivity contribution in [2.24, 2.45) is 0 Å². The number of rotatable bonds is 3. The molecule has 0 aliphatic heterocycles. The summed E-state index contributed by atoms with van der Waals surface area (Å²) in [6.45, 7) is 1.50. The lowest BCUT2D eigenvalue weighted by atomic mass is 9.90. The molecular weight excluding hydrogens is 296 g/mol. The molecule has 0 radical (unpaired) electrons. The van der Waals surface area contributed by atoms with E-state index in [0.717, 1.165) is 6.07 Å². The predicted octanol–water partition coefficient (Wildman–Crippen LogP) is 4.42. The zero-order chi connectivity index (χ0) is 15.6. The summed E-state index contributed by atoms with van der Waals surface area (Å²) >= 11 is 5.87. The summed E-state index contributed by atoms with van der Waals surface area (Å²) in [7, 11) is 0. The Balaban J connectivity index is 2.55. The second kappa shape index (κ2) is 6.02. The minimum Gasteiger partial charge on any atom is -0.292 e. The first-order valence-corrected chi connectivity index (χ1v) is 6.48. The molecule has 2 aromatic rings. The second-order valence-electron chi connectivity index (χ2n) is 4.50. The number of hydrogen-bond acceptors (Lipinski definition) is 2. The second-order valence-corrected chi connectivity index (χ2v) is 4.91. The van der Waals surface area contributed by atoms with E-state index in [0.29, 0.717) is 0 Å². The van der Waals surface area contributed by atoms with E-state index >= 15 is 0 Å². The molecule has 5 heteroatoms. The van der Waals surface area contributed by atoms with Crippen molar-refractivity contribution in [1.82, 2.24) is 0 Å². The quantitative estimate of drug-likeness (QED) is 0.788. The third-order valence-electron chi connectivity index (χ3n) is 3.14. The normalized spacial score (nSPS) is 11.8. The van der Waals surface area contributed by atoms with Crippen LogP contribution in [0.15, 0.2) is 36.4 Å². The van der Waals surface area contributed by atoms with Crippen LogP contribution in [0.2, 0.25) is 5.02 Å². The molecule has 0 fully saturated rings. The highest BCUT2D eigenvalue weighted by molar-refractivity contribution is 6.31. The monoisotopic (exact) mass is 305 g/mol. The molecule has 0 saturated heterocycles. The summed E-state index contributed by atoms with van der Waals surface area (Å²) in [6, 6.07) is 9.83. The summed E-state index contributed by atoms with van der Waals surface area (Å²) in [5, 5.41) is 9.16. The molecule has 2 aromatic carbocycles. The summed E-state index contributed by atoms with van der Waals surface area (Å²) in [5.41, 5.74) is -0.203. The third-order valence-corrected chi connectivity index (χ3v) is 3.47. The number of ketones is 1. The van der Waals surface area contributed by atoms with Crippen molar-refractivity contribution in [1.29, 1.82) is 5.26 Å². The van der Waals surface area contributed by atoms with Gasteiger partial charge in [-0.3, -0.25) is 4.79 Å². The molecule has 0 amide bonds. The lowest BCUT2D eigenvalue weighted by molar-refractivity contribution is 0.0973. The number of Topliss-reactive ketones (excluding diaryl/α,β-unsaturated/α-hetero) is 1. The highest BCUT2D eigenvalue weighted by Crippen LogP contribution is 2.30. The first kappa shape index (κ1) is 15.1. The smallest absolute Gasteiger partial charge is 0.187 e. The van der Waals surface area contributed by atoms with E-state index in [1.165, 1.54) is 37.3 Å². The van der Waals surface area contributed by atoms with Gasteiger partial charge in [0.05, 0.1) is 11.6 Å². The molecular formula is C16H10ClF2NO. The van der Waals surface area contributed by atoms with Crippen LogP contribution >= 0.6 is 11.6 Å². The first-order chi connectivity index (χ1) is 9.97. The maximum Gasteiger partial charge on any atom is 0.187 e. The number of nitriles is 1. The maximum atomic E-state index is 14.0. The number of carbonyl (C=O) groups excluding carboxylic acids is 1. The van der Waals surface area contributed by atoms with E-state index in [4.69, 9.17) is 11.6 Å². The van der Waals surface area contributed by atoms with Gasteiger partial charge in [-0.15, -0.1) is 0 Å². The van der Waals surface area contributed by atoms with Gasteiger partial charge in [-0.2, -0.15) is 5.26 Å². The van der Waals surface area contributed by atoms with E-state index in [2.05, 4.69) is 0 Å². The zero-order valence-electron chi connectivity index (χ0n) is 11.0. The summed E-state index contributed by atoms with van der Waals surface area (Å²) in [6.07, 6.45) is 0. The van der Waals surface area contributed by atoms with Crippen molar-refractivity contribution in [3.05, 3.63) is 69.7 Å². The molecule has 106 valence electrons. The molecule has 0 spiro atoms. The van der Waals surface area contributed by atoms with E-state index in [-0.39, 0.29) is 21.7 Å². The van der Waals surface area contributed by atoms with Gasteiger partial charge in [0, 0.05) is 10.6 Å². The van der Waals surface area contributed by atoms with Crippen LogP contribution in [0, 0.1) is 29.9 Å². The molecule has 1 atom stereocenters. The Morgan fingerprint density at radius 2 is 1.90 bits per heavy atom. The van der Waals surface area contributed by atoms with Crippen LogP contribution in [0.1, 0.15) is 27.4 Å². The summed E-state index contributed by atoms with van der Waals surface area (Å²) in [4.78, 5) is 12.4. The third kappa shape index (κ3) is 2.79. The first-order valence-electron chi connectivity index (χ1n) is 6.10. The average Bonchev–Trinajstić information content (AvgIpc) is 2.45. The van der Waals surface area contributed by atoms with E-state index in [1.807, 2.05) is 0 Å². The van der Waals surface area contributed by atoms with Gasteiger partial charge in [0.15, 0.2) is 5.78 Å². The molecule has 0 bridgehead atoms. The predicted molar refractivity (Wildman–Crippen MR) is 75.2 cm³/mol. The fourth-order valence-electron chi connectivity index (χ4n) is 2.03. The SMILES string of the molecule is Cc1cccc(C(=O)C(C#N)c2c(F)cccc2Cl)c1F. The lowest BCUT2D eigenvalue weighted by Crippen LogP contribution is -2.15. The van der Waals surface area contributed by atoms with E-state index in [9.17, 15) is 18.8 Å². The van der Waals surface area contributed by atoms with Crippen molar-refractivity contribution in [3.63, 3.8) is 0 Å². The highest BCUT2D eigenvalue weighted by atomic mass is 35.5. The highest BCUT2D eigenvalue weighted by Gasteiger charge is 2.29. The standard InChI is InChI=1S/C16H10ClF2NO/c1-9-4-2-5-10(15(9)19)16(21)11(8-20)14-12(17)6-3-7-13(14)18/h2-7,11H,1H3. The van der Waals surface area contributed by atoms with Crippen LogP contribution in [-0.2, 0) is 0 Å². The molecule has 1 unspecified atom stereocenters. The molecule has 0 aliphatic carbocycles. The average molecular weight is 306 g/mol. The number of carbonyl (C=O) groups is 1. The van der Waals surface area contributed by atoms with Gasteiger partial charge in [-0.25, -0.2) is 8.78 Å². The Morgan fingerprint density at radius 1 is 1.24 bits per heavy atom. The van der Waals surface area contributed by atoms with Crippen LogP contribution in [-0.4, -0.2) is 5.78 Å². The van der Waals surface area contributed by atoms with Crippen molar-refractivity contribution in [3.8, 4) is 6.07 Å². The number of benzene rings is 2. The fourth-order valence-corrected chi connectivity index (χ4v) is 2.31. The van der Waals surface area contributed by atoms with Crippen LogP contribution in [0.4, 0.5) is 8.78 Å². The van der Waals surface area contributed by atoms with Gasteiger partial charge in [0.1, 0.15) is 17.6 Å². The Hall–Kier alpha value is -2.25. The molecule has 2 nitrogen and oxygen atoms in total. The fraction of sp³-hybridized carbons (Fsp3) is 0.125. The van der Waals surface area contributed by atoms with Crippen LogP contribution in [0.25, 0.3) is 0 Å². The molecule has 0 aromatic heterocycles. The summed E-state index contributed by atoms with van der Waals surface area (Å²) in [5.74, 6) is -3.79. The Morgan fingerprint density at radius 3 is 2.52 bits per heavy atom. The van der Waals surface area contributed by atoms with Gasteiger partial charge < -0.3 is 0 Å². The lowest BCUT2D eigenvalue weighted by Gasteiger charge is -2.12. The van der Waals surface area contributed by atoms with Gasteiger partial charge in [0.2, 0.25) is 0 Å². The van der Waals surface area contributed by atoms with Gasteiger partial charge in [0.25, 0.3) is 0 Å². The Kier molecular flexibility index (Phi) is 4.35. The van der Waals surface area contributed by atoms with Crippen molar-refractivity contribution in [2.45, 2.75) is 12.8 Å². The number of hydrogen-bond donors (Lipinski definition) is 0. The molecule has 0 aliphatic rings. The molecule has 0 N–H and O–H groups in total. The van der Waals surface area contributed by atoms with Crippen molar-refractivity contribution >= 4 is 17.4 Å². The maximum absolute atomic E-state index is 14.0. The zero-order valence-corrected chi connectivity index (χ0v) is 11.8. The number of nitrogens with zero attached hydrogens (tertiary/aromatic N) is 1. The number of aryl methyl sites for hydroxylation is 1. The van der Waals surface area contributed by atoms with Gasteiger partial charge in [-0.05, 0) is 30.7 Å². The molecule has 0 saturated carbocycles. The Labute approximate surface area is 125 Å². The molecule has 21 heavy (non-hydrogen) atoms. The summed E-state index contributed by atoms with van der Waals surface area (Å²) < 4.78 is 27.9. The van der Waals surface area contributed by atoms with E-state index < -0.39 is 23.3 Å². The minimum atomic E-state index is -1.49. The largest absolute Gasteiger partial charge is 0.292 e. The van der Waals surface area contributed by atoms with Crippen molar-refractivity contribution in [2.75, 3.05) is 0 Å². The van der Waals surface area contributed by atoms with Crippen molar-refractivity contribution < 1.29 is 13.6 Å². The van der Waals surface area contributed by atoms with Gasteiger partial charge in [-0.1, -0.05) is 29.8 Å². The van der Waals surface area contributed by atoms with E-state index in [1.54, 1.807) is 6.07 Å². The van der Waals surface area contributed by atoms with Crippen LogP contribution in [0.3, 0.4) is 0 Å². The molecule has 0 heterocycles. The van der Waals surface area contributed by atoms with Gasteiger partial charge >= 0.3 is 0 Å². The Bertz CT molecular complexity index is 732. The van der Waals surface area contributed by atoms with Crippen LogP contribution < -0.4 is 0 Å².